The average molecular weight is 274 g/mol. The number of nitrogens with one attached hydrogen (secondary N) is 2. The molecule has 1 saturated heterocycles. The molecule has 0 aliphatic carbocycles. The molecule has 11 heteroatoms. The van der Waals surface area contributed by atoms with Crippen molar-refractivity contribution in [2.24, 2.45) is 0 Å². The van der Waals surface area contributed by atoms with Crippen LogP contribution in [0.25, 0.3) is 0 Å². The van der Waals surface area contributed by atoms with E-state index in [0.29, 0.717) is 0 Å². The van der Waals surface area contributed by atoms with Crippen LogP contribution in [0.2, 0.25) is 0 Å². The van der Waals surface area contributed by atoms with E-state index in [4.69, 9.17) is 15.0 Å². The van der Waals surface area contributed by atoms with Gasteiger partial charge in [0.25, 0.3) is 0 Å². The van der Waals surface area contributed by atoms with Gasteiger partial charge in [0.15, 0.2) is 0 Å². The highest BCUT2D eigenvalue weighted by atomic mass is 31.2. The summed E-state index contributed by atoms with van der Waals surface area (Å²) in [6.45, 7) is -0.613. The van der Waals surface area contributed by atoms with Crippen molar-refractivity contribution in [3.63, 3.8) is 0 Å². The third-order valence-electron chi connectivity index (χ3n) is 2.43. The van der Waals surface area contributed by atoms with Gasteiger partial charge in [0.2, 0.25) is 0 Å². The molecule has 1 aliphatic heterocycles. The molecule has 0 saturated carbocycles. The molecule has 5 atom stereocenters. The average Bonchev–Trinajstić information content (AvgIpc) is 2.21. The first kappa shape index (κ1) is 14.9. The molecule has 0 aromatic rings. The van der Waals surface area contributed by atoms with Gasteiger partial charge in [-0.2, -0.15) is 5.48 Å². The summed E-state index contributed by atoms with van der Waals surface area (Å²) in [6, 6.07) is -2.31. The first-order valence-corrected chi connectivity index (χ1v) is 6.19. The SMILES string of the molecule is O=P(O)(O)OC[C@H]1NC(O)[C@H](NO)[C@@H](O)[C@@H]1O. The molecule has 0 spiro atoms. The Balaban J connectivity index is 2.61. The minimum absolute atomic E-state index is 0.613. The summed E-state index contributed by atoms with van der Waals surface area (Å²) in [7, 11) is -4.70. The molecule has 0 aromatic carbocycles. The van der Waals surface area contributed by atoms with Crippen LogP contribution < -0.4 is 10.8 Å². The van der Waals surface area contributed by atoms with E-state index >= 15 is 0 Å². The molecule has 0 amide bonds. The summed E-state index contributed by atoms with van der Waals surface area (Å²) in [4.78, 5) is 16.9. The number of rotatable bonds is 4. The van der Waals surface area contributed by atoms with E-state index in [0.717, 1.165) is 0 Å². The largest absolute Gasteiger partial charge is 0.469 e. The van der Waals surface area contributed by atoms with E-state index in [9.17, 15) is 19.9 Å². The Labute approximate surface area is 96.0 Å². The Morgan fingerprint density at radius 2 is 1.82 bits per heavy atom. The van der Waals surface area contributed by atoms with E-state index in [1.165, 1.54) is 0 Å². The first-order chi connectivity index (χ1) is 7.76. The molecule has 1 heterocycles. The monoisotopic (exact) mass is 274 g/mol. The smallest absolute Gasteiger partial charge is 0.389 e. The third kappa shape index (κ3) is 3.93. The van der Waals surface area contributed by atoms with E-state index in [1.807, 2.05) is 0 Å². The molecule has 1 unspecified atom stereocenters. The second-order valence-electron chi connectivity index (χ2n) is 3.64. The Hall–Kier alpha value is -0.130. The lowest BCUT2D eigenvalue weighted by Gasteiger charge is -2.40. The molecule has 102 valence electrons. The molecule has 1 fully saturated rings. The number of aliphatic hydroxyl groups excluding tert-OH is 3. The lowest BCUT2D eigenvalue weighted by molar-refractivity contribution is -0.133. The summed E-state index contributed by atoms with van der Waals surface area (Å²) < 4.78 is 14.6. The molecular formula is C6H15N2O8P. The molecule has 10 nitrogen and oxygen atoms in total. The van der Waals surface area contributed by atoms with E-state index < -0.39 is 44.9 Å². The van der Waals surface area contributed by atoms with E-state index in [2.05, 4.69) is 9.84 Å². The van der Waals surface area contributed by atoms with Crippen LogP contribution in [0, 0.1) is 0 Å². The fraction of sp³-hybridized carbons (Fsp3) is 1.00. The summed E-state index contributed by atoms with van der Waals surface area (Å²) >= 11 is 0. The molecule has 0 radical (unpaired) electrons. The van der Waals surface area contributed by atoms with Gasteiger partial charge < -0.3 is 30.3 Å². The molecule has 8 N–H and O–H groups in total. The highest BCUT2D eigenvalue weighted by Crippen LogP contribution is 2.36. The van der Waals surface area contributed by atoms with E-state index in [-0.39, 0.29) is 0 Å². The van der Waals surface area contributed by atoms with Crippen LogP contribution in [0.3, 0.4) is 0 Å². The van der Waals surface area contributed by atoms with Gasteiger partial charge >= 0.3 is 7.82 Å². The first-order valence-electron chi connectivity index (χ1n) is 4.66. The zero-order chi connectivity index (χ0) is 13.2. The maximum Gasteiger partial charge on any atom is 0.469 e. The predicted molar refractivity (Wildman–Crippen MR) is 51.7 cm³/mol. The Morgan fingerprint density at radius 1 is 1.24 bits per heavy atom. The second kappa shape index (κ2) is 5.67. The van der Waals surface area contributed by atoms with Gasteiger partial charge in [-0.1, -0.05) is 0 Å². The Morgan fingerprint density at radius 3 is 2.29 bits per heavy atom. The Bertz CT molecular complexity index is 298. The Kier molecular flexibility index (Phi) is 4.98. The molecule has 1 aliphatic rings. The quantitative estimate of drug-likeness (QED) is 0.189. The van der Waals surface area contributed by atoms with Crippen LogP contribution in [0.15, 0.2) is 0 Å². The van der Waals surface area contributed by atoms with Crippen LogP contribution in [-0.4, -0.2) is 67.4 Å². The van der Waals surface area contributed by atoms with Gasteiger partial charge in [-0.05, 0) is 0 Å². The standard InChI is InChI=1S/C6H15N2O8P/c9-4-2(1-16-17(13,14)15)7-6(11)3(8-12)5(4)10/h2-12H,1H2,(H2,13,14,15)/t2-,3-,4-,5-,6?/m1/s1. The maximum atomic E-state index is 10.4. The van der Waals surface area contributed by atoms with E-state index in [1.54, 1.807) is 5.48 Å². The molecule has 17 heavy (non-hydrogen) atoms. The van der Waals surface area contributed by atoms with Crippen LogP contribution in [0.5, 0.6) is 0 Å². The van der Waals surface area contributed by atoms with Crippen LogP contribution in [0.4, 0.5) is 0 Å². The highest BCUT2D eigenvalue weighted by Gasteiger charge is 2.43. The van der Waals surface area contributed by atoms with Gasteiger partial charge in [0, 0.05) is 0 Å². The van der Waals surface area contributed by atoms with Crippen molar-refractivity contribution in [3.05, 3.63) is 0 Å². The maximum absolute atomic E-state index is 10.4. The number of phosphoric acid groups is 1. The number of aliphatic hydroxyl groups is 3. The third-order valence-corrected chi connectivity index (χ3v) is 2.91. The molecule has 0 bridgehead atoms. The molecule has 0 aromatic heterocycles. The lowest BCUT2D eigenvalue weighted by atomic mass is 9.94. The number of hydroxylamine groups is 1. The van der Waals surface area contributed by atoms with Crippen molar-refractivity contribution in [1.82, 2.24) is 10.8 Å². The number of hydrogen-bond acceptors (Lipinski definition) is 8. The summed E-state index contributed by atoms with van der Waals surface area (Å²) in [5, 5.41) is 39.4. The van der Waals surface area contributed by atoms with Crippen molar-refractivity contribution in [1.29, 1.82) is 0 Å². The minimum atomic E-state index is -4.70. The van der Waals surface area contributed by atoms with Gasteiger partial charge in [-0.3, -0.25) is 9.84 Å². The van der Waals surface area contributed by atoms with Crippen molar-refractivity contribution < 1.29 is 39.4 Å². The van der Waals surface area contributed by atoms with Crippen LogP contribution in [-0.2, 0) is 9.09 Å². The number of hydrogen-bond donors (Lipinski definition) is 8. The minimum Gasteiger partial charge on any atom is -0.389 e. The fourth-order valence-electron chi connectivity index (χ4n) is 1.53. The zero-order valence-corrected chi connectivity index (χ0v) is 9.44. The number of piperidine rings is 1. The van der Waals surface area contributed by atoms with Crippen molar-refractivity contribution in [2.45, 2.75) is 30.5 Å². The lowest BCUT2D eigenvalue weighted by Crippen LogP contribution is -2.69. The summed E-state index contributed by atoms with van der Waals surface area (Å²) in [5.74, 6) is 0. The highest BCUT2D eigenvalue weighted by molar-refractivity contribution is 7.46. The number of phosphoric ester groups is 1. The van der Waals surface area contributed by atoms with Crippen LogP contribution >= 0.6 is 7.82 Å². The predicted octanol–water partition coefficient (Wildman–Crippen LogP) is -3.54. The zero-order valence-electron chi connectivity index (χ0n) is 8.54. The van der Waals surface area contributed by atoms with Crippen molar-refractivity contribution >= 4 is 7.82 Å². The summed E-state index contributed by atoms with van der Waals surface area (Å²) in [5.41, 5.74) is 1.61. The van der Waals surface area contributed by atoms with Gasteiger partial charge in [0.1, 0.15) is 12.3 Å². The van der Waals surface area contributed by atoms with Crippen molar-refractivity contribution in [2.75, 3.05) is 6.61 Å². The van der Waals surface area contributed by atoms with Crippen molar-refractivity contribution in [3.8, 4) is 0 Å². The van der Waals surface area contributed by atoms with Gasteiger partial charge in [0.05, 0.1) is 24.8 Å². The van der Waals surface area contributed by atoms with Gasteiger partial charge in [-0.25, -0.2) is 4.57 Å². The second-order valence-corrected chi connectivity index (χ2v) is 4.88. The fourth-order valence-corrected chi connectivity index (χ4v) is 1.88. The van der Waals surface area contributed by atoms with Gasteiger partial charge in [-0.15, -0.1) is 0 Å². The topological polar surface area (TPSA) is 172 Å². The molecule has 1 rings (SSSR count). The van der Waals surface area contributed by atoms with Crippen LogP contribution in [0.1, 0.15) is 0 Å². The molecular weight excluding hydrogens is 259 g/mol. The normalized spacial score (nSPS) is 39.3. The summed E-state index contributed by atoms with van der Waals surface area (Å²) in [6.07, 6.45) is -4.42.